The number of rotatable bonds is 7. The average Bonchev–Trinajstić information content (AvgIpc) is 2.59. The van der Waals surface area contributed by atoms with Crippen LogP contribution < -0.4 is 15.5 Å². The SMILES string of the molecule is CCCCN(C)c1ccc(C(=O)Nc2cccc(NC(C)=O)c2)nc1. The first-order valence-electron chi connectivity index (χ1n) is 8.35. The Morgan fingerprint density at radius 1 is 1.12 bits per heavy atom. The molecule has 0 aliphatic rings. The van der Waals surface area contributed by atoms with E-state index in [0.717, 1.165) is 25.1 Å². The van der Waals surface area contributed by atoms with Gasteiger partial charge in [-0.2, -0.15) is 0 Å². The molecule has 6 heteroatoms. The highest BCUT2D eigenvalue weighted by molar-refractivity contribution is 6.03. The maximum atomic E-state index is 12.3. The predicted octanol–water partition coefficient (Wildman–Crippen LogP) is 3.53. The smallest absolute Gasteiger partial charge is 0.274 e. The van der Waals surface area contributed by atoms with E-state index in [1.54, 1.807) is 36.5 Å². The summed E-state index contributed by atoms with van der Waals surface area (Å²) >= 11 is 0. The van der Waals surface area contributed by atoms with Crippen LogP contribution in [0.4, 0.5) is 17.1 Å². The molecule has 1 aromatic carbocycles. The molecule has 0 fully saturated rings. The zero-order valence-corrected chi connectivity index (χ0v) is 14.9. The van der Waals surface area contributed by atoms with Crippen molar-refractivity contribution in [2.75, 3.05) is 29.1 Å². The normalized spacial score (nSPS) is 10.2. The van der Waals surface area contributed by atoms with E-state index in [0.29, 0.717) is 17.1 Å². The monoisotopic (exact) mass is 340 g/mol. The van der Waals surface area contributed by atoms with E-state index in [-0.39, 0.29) is 11.8 Å². The fourth-order valence-electron chi connectivity index (χ4n) is 2.34. The van der Waals surface area contributed by atoms with Gasteiger partial charge in [0, 0.05) is 31.9 Å². The summed E-state index contributed by atoms with van der Waals surface area (Å²) in [5.74, 6) is -0.448. The molecule has 0 spiro atoms. The molecule has 0 saturated heterocycles. The Labute approximate surface area is 148 Å². The van der Waals surface area contributed by atoms with E-state index in [2.05, 4.69) is 27.4 Å². The molecule has 2 amide bonds. The number of unbranched alkanes of at least 4 members (excludes halogenated alkanes) is 1. The summed E-state index contributed by atoms with van der Waals surface area (Å²) in [5.41, 5.74) is 2.56. The third kappa shape index (κ3) is 5.60. The van der Waals surface area contributed by atoms with Crippen molar-refractivity contribution in [2.45, 2.75) is 26.7 Å². The molecule has 25 heavy (non-hydrogen) atoms. The van der Waals surface area contributed by atoms with E-state index >= 15 is 0 Å². The lowest BCUT2D eigenvalue weighted by Crippen LogP contribution is -2.19. The lowest BCUT2D eigenvalue weighted by Gasteiger charge is -2.18. The van der Waals surface area contributed by atoms with Gasteiger partial charge in [0.1, 0.15) is 5.69 Å². The summed E-state index contributed by atoms with van der Waals surface area (Å²) in [4.78, 5) is 29.8. The van der Waals surface area contributed by atoms with Crippen LogP contribution in [0, 0.1) is 0 Å². The number of anilines is 3. The third-order valence-electron chi connectivity index (χ3n) is 3.71. The topological polar surface area (TPSA) is 74.3 Å². The first kappa shape index (κ1) is 18.4. The number of hydrogen-bond donors (Lipinski definition) is 2. The molecule has 0 unspecified atom stereocenters. The number of carbonyl (C=O) groups is 2. The van der Waals surface area contributed by atoms with Crippen LogP contribution in [0.1, 0.15) is 37.2 Å². The van der Waals surface area contributed by atoms with Crippen LogP contribution in [0.25, 0.3) is 0 Å². The molecule has 0 saturated carbocycles. The second-order valence-electron chi connectivity index (χ2n) is 5.89. The Balaban J connectivity index is 2.02. The van der Waals surface area contributed by atoms with E-state index in [1.807, 2.05) is 13.1 Å². The lowest BCUT2D eigenvalue weighted by atomic mass is 10.2. The van der Waals surface area contributed by atoms with Gasteiger partial charge in [-0.25, -0.2) is 4.98 Å². The van der Waals surface area contributed by atoms with Crippen molar-refractivity contribution in [2.24, 2.45) is 0 Å². The quantitative estimate of drug-likeness (QED) is 0.808. The van der Waals surface area contributed by atoms with Crippen molar-refractivity contribution in [3.05, 3.63) is 48.3 Å². The molecule has 0 atom stereocenters. The van der Waals surface area contributed by atoms with Gasteiger partial charge in [-0.1, -0.05) is 19.4 Å². The molecule has 0 aliphatic carbocycles. The van der Waals surface area contributed by atoms with Gasteiger partial charge < -0.3 is 15.5 Å². The number of pyridine rings is 1. The molecule has 0 bridgehead atoms. The zero-order chi connectivity index (χ0) is 18.2. The third-order valence-corrected chi connectivity index (χ3v) is 3.71. The molecule has 0 aliphatic heterocycles. The minimum atomic E-state index is -0.289. The van der Waals surface area contributed by atoms with Gasteiger partial charge in [0.25, 0.3) is 5.91 Å². The second-order valence-corrected chi connectivity index (χ2v) is 5.89. The van der Waals surface area contributed by atoms with Gasteiger partial charge in [-0.3, -0.25) is 9.59 Å². The number of nitrogens with one attached hydrogen (secondary N) is 2. The van der Waals surface area contributed by atoms with Gasteiger partial charge in [0.05, 0.1) is 11.9 Å². The number of amides is 2. The van der Waals surface area contributed by atoms with Crippen LogP contribution >= 0.6 is 0 Å². The summed E-state index contributed by atoms with van der Waals surface area (Å²) in [6.07, 6.45) is 3.96. The van der Waals surface area contributed by atoms with Crippen LogP contribution in [0.2, 0.25) is 0 Å². The highest BCUT2D eigenvalue weighted by Gasteiger charge is 2.09. The molecule has 1 aromatic heterocycles. The fourth-order valence-corrected chi connectivity index (χ4v) is 2.34. The number of benzene rings is 1. The number of aromatic nitrogens is 1. The maximum Gasteiger partial charge on any atom is 0.274 e. The Bertz CT molecular complexity index is 728. The first-order chi connectivity index (χ1) is 12.0. The minimum Gasteiger partial charge on any atom is -0.373 e. The van der Waals surface area contributed by atoms with E-state index in [1.165, 1.54) is 6.92 Å². The van der Waals surface area contributed by atoms with Gasteiger partial charge >= 0.3 is 0 Å². The van der Waals surface area contributed by atoms with Crippen molar-refractivity contribution in [1.82, 2.24) is 4.98 Å². The van der Waals surface area contributed by atoms with Gasteiger partial charge in [0.2, 0.25) is 5.91 Å². The molecule has 132 valence electrons. The van der Waals surface area contributed by atoms with Crippen LogP contribution in [-0.4, -0.2) is 30.4 Å². The molecule has 2 aromatic rings. The molecule has 6 nitrogen and oxygen atoms in total. The Morgan fingerprint density at radius 2 is 1.84 bits per heavy atom. The molecule has 1 heterocycles. The van der Waals surface area contributed by atoms with E-state index in [9.17, 15) is 9.59 Å². The number of hydrogen-bond acceptors (Lipinski definition) is 4. The zero-order valence-electron chi connectivity index (χ0n) is 14.9. The fraction of sp³-hybridized carbons (Fsp3) is 0.316. The van der Waals surface area contributed by atoms with Crippen LogP contribution in [0.5, 0.6) is 0 Å². The maximum absolute atomic E-state index is 12.3. The molecule has 2 N–H and O–H groups in total. The molecule has 2 rings (SSSR count). The number of nitrogens with zero attached hydrogens (tertiary/aromatic N) is 2. The summed E-state index contributed by atoms with van der Waals surface area (Å²) in [7, 11) is 2.01. The molecular formula is C19H24N4O2. The van der Waals surface area contributed by atoms with Crippen molar-refractivity contribution in [3.63, 3.8) is 0 Å². The van der Waals surface area contributed by atoms with Gasteiger partial charge in [-0.15, -0.1) is 0 Å². The van der Waals surface area contributed by atoms with Crippen LogP contribution in [0.15, 0.2) is 42.6 Å². The van der Waals surface area contributed by atoms with Crippen molar-refractivity contribution in [3.8, 4) is 0 Å². The second kappa shape index (κ2) is 8.82. The summed E-state index contributed by atoms with van der Waals surface area (Å²) < 4.78 is 0. The summed E-state index contributed by atoms with van der Waals surface area (Å²) in [6, 6.07) is 10.6. The van der Waals surface area contributed by atoms with Crippen molar-refractivity contribution < 1.29 is 9.59 Å². The van der Waals surface area contributed by atoms with E-state index in [4.69, 9.17) is 0 Å². The van der Waals surface area contributed by atoms with E-state index < -0.39 is 0 Å². The standard InChI is InChI=1S/C19H24N4O2/c1-4-5-11-23(3)17-9-10-18(20-13-17)19(25)22-16-8-6-7-15(12-16)21-14(2)24/h6-10,12-13H,4-5,11H2,1-3H3,(H,21,24)(H,22,25). The average molecular weight is 340 g/mol. The predicted molar refractivity (Wildman–Crippen MR) is 101 cm³/mol. The Kier molecular flexibility index (Phi) is 6.51. The minimum absolute atomic E-state index is 0.159. The summed E-state index contributed by atoms with van der Waals surface area (Å²) in [6.45, 7) is 4.55. The number of carbonyl (C=O) groups excluding carboxylic acids is 2. The van der Waals surface area contributed by atoms with Gasteiger partial charge in [-0.05, 0) is 36.8 Å². The highest BCUT2D eigenvalue weighted by Crippen LogP contribution is 2.17. The first-order valence-corrected chi connectivity index (χ1v) is 8.35. The molecule has 0 radical (unpaired) electrons. The largest absolute Gasteiger partial charge is 0.373 e. The Morgan fingerprint density at radius 3 is 2.44 bits per heavy atom. The Hall–Kier alpha value is -2.89. The molecular weight excluding hydrogens is 316 g/mol. The van der Waals surface area contributed by atoms with Crippen LogP contribution in [-0.2, 0) is 4.79 Å². The lowest BCUT2D eigenvalue weighted by molar-refractivity contribution is -0.114. The summed E-state index contributed by atoms with van der Waals surface area (Å²) in [5, 5.41) is 5.47. The van der Waals surface area contributed by atoms with Crippen molar-refractivity contribution >= 4 is 28.9 Å². The van der Waals surface area contributed by atoms with Crippen LogP contribution in [0.3, 0.4) is 0 Å². The van der Waals surface area contributed by atoms with Gasteiger partial charge in [0.15, 0.2) is 0 Å². The highest BCUT2D eigenvalue weighted by atomic mass is 16.2. The van der Waals surface area contributed by atoms with Crippen molar-refractivity contribution in [1.29, 1.82) is 0 Å².